The van der Waals surface area contributed by atoms with Crippen molar-refractivity contribution in [1.29, 1.82) is 0 Å². The standard InChI is InChI=1S/C15H26O4/c1-4-9-17-12-15(7-8-16,13-18-10-5-2)14-19-11-6-3/h4-6,16H,1-3,7-14H2. The Morgan fingerprint density at radius 3 is 1.42 bits per heavy atom. The van der Waals surface area contributed by atoms with Crippen LogP contribution in [0.1, 0.15) is 6.42 Å². The molecular formula is C15H26O4. The van der Waals surface area contributed by atoms with Crippen LogP contribution in [0.4, 0.5) is 0 Å². The van der Waals surface area contributed by atoms with Crippen LogP contribution >= 0.6 is 0 Å². The van der Waals surface area contributed by atoms with Gasteiger partial charge in [0, 0.05) is 12.0 Å². The van der Waals surface area contributed by atoms with Crippen molar-refractivity contribution < 1.29 is 19.3 Å². The molecule has 0 amide bonds. The van der Waals surface area contributed by atoms with Gasteiger partial charge < -0.3 is 19.3 Å². The largest absolute Gasteiger partial charge is 0.396 e. The second kappa shape index (κ2) is 12.1. The molecule has 0 aromatic rings. The minimum atomic E-state index is -0.357. The molecule has 0 aliphatic heterocycles. The van der Waals surface area contributed by atoms with Gasteiger partial charge >= 0.3 is 0 Å². The minimum absolute atomic E-state index is 0.0619. The van der Waals surface area contributed by atoms with Gasteiger partial charge in [0.15, 0.2) is 0 Å². The van der Waals surface area contributed by atoms with Crippen molar-refractivity contribution in [3.8, 4) is 0 Å². The maximum Gasteiger partial charge on any atom is 0.0645 e. The van der Waals surface area contributed by atoms with Gasteiger partial charge in [-0.3, -0.25) is 0 Å². The van der Waals surface area contributed by atoms with Crippen molar-refractivity contribution in [1.82, 2.24) is 0 Å². The molecule has 0 fully saturated rings. The summed E-state index contributed by atoms with van der Waals surface area (Å²) < 4.78 is 16.6. The van der Waals surface area contributed by atoms with E-state index in [4.69, 9.17) is 14.2 Å². The summed E-state index contributed by atoms with van der Waals surface area (Å²) in [7, 11) is 0. The molecule has 4 heteroatoms. The molecule has 0 aromatic carbocycles. The Bertz CT molecular complexity index is 214. The third kappa shape index (κ3) is 8.72. The summed E-state index contributed by atoms with van der Waals surface area (Å²) in [4.78, 5) is 0. The van der Waals surface area contributed by atoms with E-state index in [9.17, 15) is 5.11 Å². The molecule has 110 valence electrons. The third-order valence-electron chi connectivity index (χ3n) is 2.57. The lowest BCUT2D eigenvalue weighted by molar-refractivity contribution is -0.0672. The smallest absolute Gasteiger partial charge is 0.0645 e. The average Bonchev–Trinajstić information content (AvgIpc) is 2.40. The fourth-order valence-corrected chi connectivity index (χ4v) is 1.65. The Labute approximate surface area is 116 Å². The second-order valence-corrected chi connectivity index (χ2v) is 4.39. The molecule has 0 saturated heterocycles. The van der Waals surface area contributed by atoms with Gasteiger partial charge in [-0.2, -0.15) is 0 Å². The highest BCUT2D eigenvalue weighted by Gasteiger charge is 2.31. The zero-order chi connectivity index (χ0) is 14.4. The zero-order valence-electron chi connectivity index (χ0n) is 11.7. The highest BCUT2D eigenvalue weighted by atomic mass is 16.5. The van der Waals surface area contributed by atoms with E-state index in [0.717, 1.165) is 0 Å². The van der Waals surface area contributed by atoms with E-state index in [-0.39, 0.29) is 12.0 Å². The van der Waals surface area contributed by atoms with Crippen LogP contribution in [0.25, 0.3) is 0 Å². The molecular weight excluding hydrogens is 244 g/mol. The summed E-state index contributed by atoms with van der Waals surface area (Å²) in [5.41, 5.74) is -0.357. The Balaban J connectivity index is 4.49. The summed E-state index contributed by atoms with van der Waals surface area (Å²) in [6.45, 7) is 13.7. The van der Waals surface area contributed by atoms with Gasteiger partial charge in [-0.1, -0.05) is 18.2 Å². The summed E-state index contributed by atoms with van der Waals surface area (Å²) in [5.74, 6) is 0. The number of aliphatic hydroxyl groups excluding tert-OH is 1. The normalized spacial score (nSPS) is 11.2. The van der Waals surface area contributed by atoms with E-state index in [2.05, 4.69) is 19.7 Å². The van der Waals surface area contributed by atoms with Crippen LogP contribution in [-0.4, -0.2) is 51.4 Å². The Kier molecular flexibility index (Phi) is 11.5. The van der Waals surface area contributed by atoms with E-state index in [0.29, 0.717) is 46.1 Å². The van der Waals surface area contributed by atoms with Crippen LogP contribution in [0.2, 0.25) is 0 Å². The summed E-state index contributed by atoms with van der Waals surface area (Å²) in [6, 6.07) is 0. The highest BCUT2D eigenvalue weighted by molar-refractivity contribution is 4.81. The molecule has 0 bridgehead atoms. The Hall–Kier alpha value is -0.940. The van der Waals surface area contributed by atoms with Gasteiger partial charge in [0.25, 0.3) is 0 Å². The summed E-state index contributed by atoms with van der Waals surface area (Å²) >= 11 is 0. The van der Waals surface area contributed by atoms with E-state index in [1.807, 2.05) is 0 Å². The van der Waals surface area contributed by atoms with Crippen molar-refractivity contribution in [2.45, 2.75) is 6.42 Å². The molecule has 1 N–H and O–H groups in total. The maximum atomic E-state index is 9.24. The number of aliphatic hydroxyl groups is 1. The van der Waals surface area contributed by atoms with Gasteiger partial charge in [0.2, 0.25) is 0 Å². The van der Waals surface area contributed by atoms with Crippen molar-refractivity contribution in [2.24, 2.45) is 5.41 Å². The topological polar surface area (TPSA) is 47.9 Å². The molecule has 0 heterocycles. The first-order chi connectivity index (χ1) is 9.24. The predicted molar refractivity (Wildman–Crippen MR) is 77.2 cm³/mol. The number of hydrogen-bond acceptors (Lipinski definition) is 4. The van der Waals surface area contributed by atoms with Crippen molar-refractivity contribution in [2.75, 3.05) is 46.2 Å². The molecule has 0 aromatic heterocycles. The van der Waals surface area contributed by atoms with Gasteiger partial charge in [-0.25, -0.2) is 0 Å². The van der Waals surface area contributed by atoms with E-state index >= 15 is 0 Å². The lowest BCUT2D eigenvalue weighted by Gasteiger charge is -2.32. The SMILES string of the molecule is C=CCOCC(CCO)(COCC=C)COCC=C. The fourth-order valence-electron chi connectivity index (χ4n) is 1.65. The van der Waals surface area contributed by atoms with Crippen LogP contribution in [0, 0.1) is 5.41 Å². The Morgan fingerprint density at radius 1 is 0.789 bits per heavy atom. The van der Waals surface area contributed by atoms with Gasteiger partial charge in [0.1, 0.15) is 0 Å². The fraction of sp³-hybridized carbons (Fsp3) is 0.600. The van der Waals surface area contributed by atoms with Gasteiger partial charge in [-0.05, 0) is 6.42 Å². The molecule has 0 unspecified atom stereocenters. The highest BCUT2D eigenvalue weighted by Crippen LogP contribution is 2.24. The van der Waals surface area contributed by atoms with Gasteiger partial charge in [-0.15, -0.1) is 19.7 Å². The third-order valence-corrected chi connectivity index (χ3v) is 2.57. The van der Waals surface area contributed by atoms with Gasteiger partial charge in [0.05, 0.1) is 39.6 Å². The average molecular weight is 270 g/mol. The molecule has 0 aliphatic carbocycles. The first-order valence-electron chi connectivity index (χ1n) is 6.41. The number of rotatable bonds is 14. The van der Waals surface area contributed by atoms with Crippen LogP contribution in [-0.2, 0) is 14.2 Å². The van der Waals surface area contributed by atoms with E-state index < -0.39 is 0 Å². The number of ether oxygens (including phenoxy) is 3. The van der Waals surface area contributed by atoms with Crippen molar-refractivity contribution in [3.05, 3.63) is 38.0 Å². The molecule has 0 saturated carbocycles. The van der Waals surface area contributed by atoms with Crippen LogP contribution in [0.3, 0.4) is 0 Å². The molecule has 0 radical (unpaired) electrons. The molecule has 0 aliphatic rings. The molecule has 4 nitrogen and oxygen atoms in total. The number of hydrogen-bond donors (Lipinski definition) is 1. The first kappa shape index (κ1) is 18.1. The quantitative estimate of drug-likeness (QED) is 0.387. The summed E-state index contributed by atoms with van der Waals surface area (Å²) in [5, 5.41) is 9.24. The van der Waals surface area contributed by atoms with Crippen molar-refractivity contribution >= 4 is 0 Å². The lowest BCUT2D eigenvalue weighted by atomic mass is 9.87. The van der Waals surface area contributed by atoms with Crippen LogP contribution in [0.15, 0.2) is 38.0 Å². The minimum Gasteiger partial charge on any atom is -0.396 e. The molecule has 0 atom stereocenters. The summed E-state index contributed by atoms with van der Waals surface area (Å²) in [6.07, 6.45) is 5.63. The maximum absolute atomic E-state index is 9.24. The molecule has 0 rings (SSSR count). The van der Waals surface area contributed by atoms with Crippen LogP contribution in [0.5, 0.6) is 0 Å². The second-order valence-electron chi connectivity index (χ2n) is 4.39. The molecule has 0 spiro atoms. The monoisotopic (exact) mass is 270 g/mol. The predicted octanol–water partition coefficient (Wildman–Crippen LogP) is 1.96. The van der Waals surface area contributed by atoms with E-state index in [1.54, 1.807) is 18.2 Å². The zero-order valence-corrected chi connectivity index (χ0v) is 11.7. The molecule has 19 heavy (non-hydrogen) atoms. The lowest BCUT2D eigenvalue weighted by Crippen LogP contribution is -2.38. The Morgan fingerprint density at radius 2 is 1.16 bits per heavy atom. The van der Waals surface area contributed by atoms with E-state index in [1.165, 1.54) is 0 Å². The van der Waals surface area contributed by atoms with Crippen molar-refractivity contribution in [3.63, 3.8) is 0 Å². The first-order valence-corrected chi connectivity index (χ1v) is 6.41. The van der Waals surface area contributed by atoms with Crippen LogP contribution < -0.4 is 0 Å².